The van der Waals surface area contributed by atoms with Gasteiger partial charge in [-0.15, -0.1) is 11.3 Å². The van der Waals surface area contributed by atoms with Crippen molar-refractivity contribution in [2.45, 2.75) is 52.7 Å². The van der Waals surface area contributed by atoms with Crippen LogP contribution in [0.3, 0.4) is 0 Å². The van der Waals surface area contributed by atoms with Crippen molar-refractivity contribution in [2.75, 3.05) is 11.9 Å². The fraction of sp³-hybridized carbons (Fsp3) is 0.409. The molecule has 7 heteroatoms. The zero-order valence-corrected chi connectivity index (χ0v) is 18.9. The maximum atomic E-state index is 7.05. The SMILES string of the molecule is [C-]#[N+]CCc1ccc2c(OC(C)(C)C)cc(-c3csc(NC(C)C)n3)nc2c1Cl. The van der Waals surface area contributed by atoms with Crippen LogP contribution in [0.1, 0.15) is 40.2 Å². The Balaban J connectivity index is 2.15. The van der Waals surface area contributed by atoms with Crippen molar-refractivity contribution in [3.05, 3.63) is 45.6 Å². The van der Waals surface area contributed by atoms with Crippen LogP contribution in [0.5, 0.6) is 5.75 Å². The Morgan fingerprint density at radius 1 is 1.24 bits per heavy atom. The molecular weight excluding hydrogens is 404 g/mol. The van der Waals surface area contributed by atoms with Crippen molar-refractivity contribution in [2.24, 2.45) is 0 Å². The summed E-state index contributed by atoms with van der Waals surface area (Å²) in [6.07, 6.45) is 0.596. The highest BCUT2D eigenvalue weighted by molar-refractivity contribution is 7.14. The average Bonchev–Trinajstić information content (AvgIpc) is 3.08. The molecule has 5 nitrogen and oxygen atoms in total. The maximum absolute atomic E-state index is 7.05. The van der Waals surface area contributed by atoms with E-state index in [0.717, 1.165) is 27.5 Å². The van der Waals surface area contributed by atoms with Crippen molar-refractivity contribution in [3.63, 3.8) is 0 Å². The van der Waals surface area contributed by atoms with E-state index in [9.17, 15) is 0 Å². The molecule has 152 valence electrons. The summed E-state index contributed by atoms with van der Waals surface area (Å²) in [5.41, 5.74) is 2.72. The molecule has 2 heterocycles. The molecule has 0 aliphatic heterocycles. The summed E-state index contributed by atoms with van der Waals surface area (Å²) < 4.78 is 6.24. The van der Waals surface area contributed by atoms with Gasteiger partial charge in [-0.2, -0.15) is 0 Å². The van der Waals surface area contributed by atoms with E-state index in [-0.39, 0.29) is 5.60 Å². The Morgan fingerprint density at radius 2 is 2.00 bits per heavy atom. The van der Waals surface area contributed by atoms with E-state index in [2.05, 4.69) is 29.0 Å². The van der Waals surface area contributed by atoms with E-state index in [0.29, 0.717) is 35.2 Å². The highest BCUT2D eigenvalue weighted by Crippen LogP contribution is 2.37. The molecule has 0 amide bonds. The zero-order valence-electron chi connectivity index (χ0n) is 17.3. The molecule has 2 aromatic heterocycles. The second-order valence-corrected chi connectivity index (χ2v) is 9.36. The third kappa shape index (κ3) is 5.17. The van der Waals surface area contributed by atoms with Crippen LogP contribution in [0.25, 0.3) is 27.1 Å². The molecule has 3 rings (SSSR count). The molecule has 3 aromatic rings. The fourth-order valence-corrected chi connectivity index (χ4v) is 4.04. The summed E-state index contributed by atoms with van der Waals surface area (Å²) in [5.74, 6) is 0.725. The molecule has 0 saturated carbocycles. The van der Waals surface area contributed by atoms with Gasteiger partial charge in [0.1, 0.15) is 17.0 Å². The summed E-state index contributed by atoms with van der Waals surface area (Å²) in [4.78, 5) is 12.9. The molecule has 1 N–H and O–H groups in total. The summed E-state index contributed by atoms with van der Waals surface area (Å²) in [5, 5.41) is 7.59. The number of benzene rings is 1. The molecule has 29 heavy (non-hydrogen) atoms. The number of thiazole rings is 1. The topological polar surface area (TPSA) is 51.4 Å². The number of ether oxygens (including phenoxy) is 1. The van der Waals surface area contributed by atoms with Crippen LogP contribution < -0.4 is 10.1 Å². The number of anilines is 1. The van der Waals surface area contributed by atoms with Gasteiger partial charge in [0.25, 0.3) is 0 Å². The first-order valence-electron chi connectivity index (χ1n) is 9.54. The monoisotopic (exact) mass is 428 g/mol. The first-order valence-corrected chi connectivity index (χ1v) is 10.8. The largest absolute Gasteiger partial charge is 0.487 e. The molecule has 0 aliphatic carbocycles. The smallest absolute Gasteiger partial charge is 0.218 e. The lowest BCUT2D eigenvalue weighted by molar-refractivity contribution is 0.133. The minimum Gasteiger partial charge on any atom is -0.487 e. The summed E-state index contributed by atoms with van der Waals surface area (Å²) in [6.45, 7) is 17.6. The number of halogens is 1. The maximum Gasteiger partial charge on any atom is 0.218 e. The third-order valence-electron chi connectivity index (χ3n) is 4.05. The Morgan fingerprint density at radius 3 is 2.66 bits per heavy atom. The highest BCUT2D eigenvalue weighted by atomic mass is 35.5. The van der Waals surface area contributed by atoms with Crippen LogP contribution in [-0.4, -0.2) is 28.2 Å². The Kier molecular flexibility index (Phi) is 6.30. The van der Waals surface area contributed by atoms with Gasteiger partial charge in [-0.1, -0.05) is 17.7 Å². The van der Waals surface area contributed by atoms with Crippen molar-refractivity contribution >= 4 is 39.0 Å². The molecule has 0 aliphatic rings. The average molecular weight is 429 g/mol. The van der Waals surface area contributed by atoms with Crippen LogP contribution in [-0.2, 0) is 6.42 Å². The Labute approximate surface area is 180 Å². The van der Waals surface area contributed by atoms with Crippen LogP contribution >= 0.6 is 22.9 Å². The molecule has 0 saturated heterocycles. The summed E-state index contributed by atoms with van der Waals surface area (Å²) >= 11 is 8.25. The van der Waals surface area contributed by atoms with Gasteiger partial charge in [0.15, 0.2) is 5.13 Å². The van der Waals surface area contributed by atoms with Gasteiger partial charge in [0.05, 0.1) is 16.2 Å². The number of pyridine rings is 1. The second-order valence-electron chi connectivity index (χ2n) is 8.12. The predicted octanol–water partition coefficient (Wildman–Crippen LogP) is 6.47. The number of rotatable bonds is 6. The number of nitrogens with one attached hydrogen (secondary N) is 1. The van der Waals surface area contributed by atoms with Gasteiger partial charge in [-0.25, -0.2) is 16.5 Å². The van der Waals surface area contributed by atoms with Crippen LogP contribution in [0, 0.1) is 6.57 Å². The van der Waals surface area contributed by atoms with E-state index in [4.69, 9.17) is 27.9 Å². The minimum absolute atomic E-state index is 0.304. The summed E-state index contributed by atoms with van der Waals surface area (Å²) in [6, 6.07) is 6.17. The molecule has 0 radical (unpaired) electrons. The lowest BCUT2D eigenvalue weighted by Crippen LogP contribution is -2.23. The molecule has 0 atom stereocenters. The van der Waals surface area contributed by atoms with E-state index < -0.39 is 0 Å². The normalized spacial score (nSPS) is 11.7. The van der Waals surface area contributed by atoms with Gasteiger partial charge < -0.3 is 14.9 Å². The first-order chi connectivity index (χ1) is 13.7. The summed E-state index contributed by atoms with van der Waals surface area (Å²) in [7, 11) is 0. The number of fused-ring (bicyclic) bond motifs is 1. The lowest BCUT2D eigenvalue weighted by Gasteiger charge is -2.23. The predicted molar refractivity (Wildman–Crippen MR) is 122 cm³/mol. The van der Waals surface area contributed by atoms with Crippen LogP contribution in [0.2, 0.25) is 5.02 Å². The highest BCUT2D eigenvalue weighted by Gasteiger charge is 2.20. The minimum atomic E-state index is -0.368. The van der Waals surface area contributed by atoms with Crippen LogP contribution in [0.4, 0.5) is 5.13 Å². The van der Waals surface area contributed by atoms with Gasteiger partial charge >= 0.3 is 0 Å². The Bertz CT molecular complexity index is 1060. The number of hydrogen-bond acceptors (Lipinski definition) is 5. The first kappa shape index (κ1) is 21.4. The van der Waals surface area contributed by atoms with Gasteiger partial charge in [0.2, 0.25) is 6.54 Å². The number of hydrogen-bond donors (Lipinski definition) is 1. The molecule has 0 spiro atoms. The number of nitrogens with zero attached hydrogens (tertiary/aromatic N) is 3. The quantitative estimate of drug-likeness (QED) is 0.457. The molecule has 0 fully saturated rings. The van der Waals surface area contributed by atoms with Crippen molar-refractivity contribution < 1.29 is 4.74 Å². The lowest BCUT2D eigenvalue weighted by atomic mass is 10.1. The fourth-order valence-electron chi connectivity index (χ4n) is 2.89. The number of aromatic nitrogens is 2. The molecule has 0 bridgehead atoms. The van der Waals surface area contributed by atoms with E-state index >= 15 is 0 Å². The molecular formula is C22H25ClN4OS. The molecule has 1 aromatic carbocycles. The third-order valence-corrected chi connectivity index (χ3v) is 5.24. The van der Waals surface area contributed by atoms with Crippen molar-refractivity contribution in [1.82, 2.24) is 9.97 Å². The van der Waals surface area contributed by atoms with E-state index in [1.807, 2.05) is 44.4 Å². The van der Waals surface area contributed by atoms with Gasteiger partial charge in [-0.05, 0) is 46.2 Å². The van der Waals surface area contributed by atoms with E-state index in [1.165, 1.54) is 0 Å². The Hall–Kier alpha value is -2.36. The van der Waals surface area contributed by atoms with Crippen molar-refractivity contribution in [1.29, 1.82) is 0 Å². The second kappa shape index (κ2) is 8.56. The van der Waals surface area contributed by atoms with Gasteiger partial charge in [-0.3, -0.25) is 0 Å². The van der Waals surface area contributed by atoms with E-state index in [1.54, 1.807) is 11.3 Å². The van der Waals surface area contributed by atoms with Crippen LogP contribution in [0.15, 0.2) is 23.6 Å². The zero-order chi connectivity index (χ0) is 21.2. The van der Waals surface area contributed by atoms with Crippen molar-refractivity contribution in [3.8, 4) is 17.1 Å². The molecule has 0 unspecified atom stereocenters. The standard InChI is InChI=1S/C22H25ClN4OS/c1-13(2)25-21-27-17(12-29-21)16-11-18(28-22(3,4)5)15-8-7-14(9-10-24-6)19(23)20(15)26-16/h7-8,11-13H,9-10H2,1-5H3,(H,25,27). The van der Waals surface area contributed by atoms with Gasteiger partial charge in [0, 0.05) is 29.3 Å².